The molecule has 0 saturated heterocycles. The first-order valence-corrected chi connectivity index (χ1v) is 4.31. The summed E-state index contributed by atoms with van der Waals surface area (Å²) in [5, 5.41) is 8.54. The third-order valence-electron chi connectivity index (χ3n) is 1.56. The summed E-state index contributed by atoms with van der Waals surface area (Å²) in [6.07, 6.45) is -5.38. The van der Waals surface area contributed by atoms with E-state index in [-0.39, 0.29) is 13.0 Å². The van der Waals surface area contributed by atoms with Crippen molar-refractivity contribution in [1.29, 1.82) is 0 Å². The molecule has 1 N–H and O–H groups in total. The van der Waals surface area contributed by atoms with Gasteiger partial charge in [0, 0.05) is 19.6 Å². The van der Waals surface area contributed by atoms with Gasteiger partial charge in [-0.3, -0.25) is 0 Å². The molecule has 0 radical (unpaired) electrons. The Labute approximate surface area is 75.7 Å². The van der Waals surface area contributed by atoms with Gasteiger partial charge in [0.05, 0.1) is 0 Å². The van der Waals surface area contributed by atoms with Gasteiger partial charge in [0.1, 0.15) is 0 Å². The summed E-state index contributed by atoms with van der Waals surface area (Å²) in [7, 11) is 0. The van der Waals surface area contributed by atoms with Crippen molar-refractivity contribution in [3.63, 3.8) is 0 Å². The molecule has 0 amide bonds. The second kappa shape index (κ2) is 6.21. The van der Waals surface area contributed by atoms with Crippen molar-refractivity contribution in [1.82, 2.24) is 0 Å². The Morgan fingerprint density at radius 2 is 1.92 bits per heavy atom. The van der Waals surface area contributed by atoms with Crippen molar-refractivity contribution < 1.29 is 23.0 Å². The van der Waals surface area contributed by atoms with Gasteiger partial charge in [0.25, 0.3) is 0 Å². The zero-order valence-electron chi connectivity index (χ0n) is 7.60. The highest BCUT2D eigenvalue weighted by molar-refractivity contribution is 4.63. The summed E-state index contributed by atoms with van der Waals surface area (Å²) in [6.45, 7) is 2.38. The number of halogens is 3. The van der Waals surface area contributed by atoms with Crippen LogP contribution in [0.2, 0.25) is 0 Å². The molecule has 0 fully saturated rings. The molecule has 0 heterocycles. The highest BCUT2D eigenvalue weighted by Crippen LogP contribution is 2.21. The number of unbranched alkanes of at least 4 members (excludes halogenated alkanes) is 1. The topological polar surface area (TPSA) is 29.5 Å². The third-order valence-corrected chi connectivity index (χ3v) is 1.56. The van der Waals surface area contributed by atoms with E-state index in [0.29, 0.717) is 6.61 Å². The van der Waals surface area contributed by atoms with Gasteiger partial charge in [0.15, 0.2) is 6.10 Å². The van der Waals surface area contributed by atoms with Crippen molar-refractivity contribution in [3.05, 3.63) is 0 Å². The summed E-state index contributed by atoms with van der Waals surface area (Å²) in [6, 6.07) is 0. The predicted molar refractivity (Wildman–Crippen MR) is 42.4 cm³/mol. The number of hydrogen-bond donors (Lipinski definition) is 1. The van der Waals surface area contributed by atoms with Crippen LogP contribution in [-0.4, -0.2) is 30.6 Å². The summed E-state index contributed by atoms with van der Waals surface area (Å²) in [4.78, 5) is 0. The minimum absolute atomic E-state index is 0.0410. The monoisotopic (exact) mass is 200 g/mol. The van der Waals surface area contributed by atoms with Crippen molar-refractivity contribution in [2.45, 2.75) is 38.5 Å². The SMILES string of the molecule is CCCCOCCC(O)C(F)(F)F. The van der Waals surface area contributed by atoms with E-state index < -0.39 is 12.3 Å². The average molecular weight is 200 g/mol. The maximum Gasteiger partial charge on any atom is 0.414 e. The molecule has 0 aliphatic rings. The molecule has 0 aliphatic heterocycles. The van der Waals surface area contributed by atoms with E-state index in [4.69, 9.17) is 9.84 Å². The maximum absolute atomic E-state index is 11.7. The molecule has 1 atom stereocenters. The number of alkyl halides is 3. The van der Waals surface area contributed by atoms with Crippen LogP contribution in [0.3, 0.4) is 0 Å². The molecular formula is C8H15F3O2. The quantitative estimate of drug-likeness (QED) is 0.665. The summed E-state index contributed by atoms with van der Waals surface area (Å²) < 4.78 is 40.0. The van der Waals surface area contributed by atoms with Crippen LogP contribution in [0.5, 0.6) is 0 Å². The lowest BCUT2D eigenvalue weighted by molar-refractivity contribution is -0.208. The van der Waals surface area contributed by atoms with Gasteiger partial charge in [-0.2, -0.15) is 13.2 Å². The molecule has 0 bridgehead atoms. The van der Waals surface area contributed by atoms with E-state index >= 15 is 0 Å². The summed E-state index contributed by atoms with van der Waals surface area (Å²) >= 11 is 0. The Hall–Kier alpha value is -0.290. The summed E-state index contributed by atoms with van der Waals surface area (Å²) in [5.74, 6) is 0. The van der Waals surface area contributed by atoms with Crippen LogP contribution in [0.25, 0.3) is 0 Å². The number of aliphatic hydroxyl groups is 1. The summed E-state index contributed by atoms with van der Waals surface area (Å²) in [5.41, 5.74) is 0. The Morgan fingerprint density at radius 1 is 1.31 bits per heavy atom. The Balaban J connectivity index is 3.32. The third kappa shape index (κ3) is 6.83. The average Bonchev–Trinajstić information content (AvgIpc) is 2.02. The lowest BCUT2D eigenvalue weighted by atomic mass is 10.2. The van der Waals surface area contributed by atoms with Crippen LogP contribution < -0.4 is 0 Å². The smallest absolute Gasteiger partial charge is 0.384 e. The minimum Gasteiger partial charge on any atom is -0.384 e. The first-order valence-electron chi connectivity index (χ1n) is 4.31. The second-order valence-electron chi connectivity index (χ2n) is 2.81. The first kappa shape index (κ1) is 12.7. The molecule has 5 heteroatoms. The van der Waals surface area contributed by atoms with E-state index in [1.807, 2.05) is 6.92 Å². The van der Waals surface area contributed by atoms with Crippen LogP contribution in [0.1, 0.15) is 26.2 Å². The van der Waals surface area contributed by atoms with Gasteiger partial charge in [-0.15, -0.1) is 0 Å². The van der Waals surface area contributed by atoms with Crippen molar-refractivity contribution in [3.8, 4) is 0 Å². The maximum atomic E-state index is 11.7. The molecule has 0 saturated carbocycles. The lowest BCUT2D eigenvalue weighted by Gasteiger charge is -2.13. The van der Waals surface area contributed by atoms with Crippen LogP contribution in [0.4, 0.5) is 13.2 Å². The van der Waals surface area contributed by atoms with Gasteiger partial charge < -0.3 is 9.84 Å². The van der Waals surface area contributed by atoms with Crippen LogP contribution >= 0.6 is 0 Å². The number of aliphatic hydroxyl groups excluding tert-OH is 1. The van der Waals surface area contributed by atoms with Crippen molar-refractivity contribution >= 4 is 0 Å². The van der Waals surface area contributed by atoms with E-state index in [1.165, 1.54) is 0 Å². The minimum atomic E-state index is -4.52. The Morgan fingerprint density at radius 3 is 2.38 bits per heavy atom. The largest absolute Gasteiger partial charge is 0.414 e. The molecule has 0 rings (SSSR count). The molecule has 0 aromatic heterocycles. The number of rotatable bonds is 6. The number of hydrogen-bond acceptors (Lipinski definition) is 2. The van der Waals surface area contributed by atoms with Gasteiger partial charge in [-0.05, 0) is 6.42 Å². The van der Waals surface area contributed by atoms with Gasteiger partial charge in [0.2, 0.25) is 0 Å². The van der Waals surface area contributed by atoms with Gasteiger partial charge in [-0.1, -0.05) is 13.3 Å². The van der Waals surface area contributed by atoms with E-state index in [1.54, 1.807) is 0 Å². The van der Waals surface area contributed by atoms with E-state index in [2.05, 4.69) is 0 Å². The van der Waals surface area contributed by atoms with Crippen molar-refractivity contribution in [2.75, 3.05) is 13.2 Å². The van der Waals surface area contributed by atoms with Crippen LogP contribution in [0, 0.1) is 0 Å². The highest BCUT2D eigenvalue weighted by Gasteiger charge is 2.37. The molecular weight excluding hydrogens is 185 g/mol. The lowest BCUT2D eigenvalue weighted by Crippen LogP contribution is -2.29. The first-order chi connectivity index (χ1) is 5.98. The molecule has 0 aliphatic carbocycles. The zero-order valence-corrected chi connectivity index (χ0v) is 7.60. The molecule has 2 nitrogen and oxygen atoms in total. The van der Waals surface area contributed by atoms with E-state index in [0.717, 1.165) is 12.8 Å². The van der Waals surface area contributed by atoms with Crippen LogP contribution in [-0.2, 0) is 4.74 Å². The molecule has 13 heavy (non-hydrogen) atoms. The molecule has 0 aromatic rings. The Kier molecular flexibility index (Phi) is 6.07. The fraction of sp³-hybridized carbons (Fsp3) is 1.00. The zero-order chi connectivity index (χ0) is 10.3. The molecule has 0 aromatic carbocycles. The number of ether oxygens (including phenoxy) is 1. The molecule has 80 valence electrons. The second-order valence-corrected chi connectivity index (χ2v) is 2.81. The molecule has 0 spiro atoms. The fourth-order valence-electron chi connectivity index (χ4n) is 0.707. The van der Waals surface area contributed by atoms with E-state index in [9.17, 15) is 13.2 Å². The van der Waals surface area contributed by atoms with Crippen LogP contribution in [0.15, 0.2) is 0 Å². The van der Waals surface area contributed by atoms with Gasteiger partial charge in [-0.25, -0.2) is 0 Å². The Bertz CT molecular complexity index is 125. The highest BCUT2D eigenvalue weighted by atomic mass is 19.4. The normalized spacial score (nSPS) is 14.5. The van der Waals surface area contributed by atoms with Crippen molar-refractivity contribution in [2.24, 2.45) is 0 Å². The predicted octanol–water partition coefficient (Wildman–Crippen LogP) is 2.12. The standard InChI is InChI=1S/C8H15F3O2/c1-2-3-5-13-6-4-7(12)8(9,10)11/h7,12H,2-6H2,1H3. The fourth-order valence-corrected chi connectivity index (χ4v) is 0.707. The molecule has 1 unspecified atom stereocenters. The van der Waals surface area contributed by atoms with Gasteiger partial charge >= 0.3 is 6.18 Å².